The molecule has 0 saturated carbocycles. The van der Waals surface area contributed by atoms with E-state index in [1.165, 1.54) is 22.3 Å². The predicted molar refractivity (Wildman–Crippen MR) is 518 cm³/mol. The van der Waals surface area contributed by atoms with E-state index < -0.39 is 0 Å². The summed E-state index contributed by atoms with van der Waals surface area (Å²) in [5, 5.41) is 22.1. The Morgan fingerprint density at radius 3 is 0.758 bits per heavy atom. The van der Waals surface area contributed by atoms with E-state index >= 15 is 0 Å². The van der Waals surface area contributed by atoms with Crippen molar-refractivity contribution in [1.29, 1.82) is 0 Å². The molecule has 4 aliphatic heterocycles. The van der Waals surface area contributed by atoms with Gasteiger partial charge in [0.05, 0.1) is 72.6 Å². The number of rotatable bonds is 24. The van der Waals surface area contributed by atoms with Gasteiger partial charge in [-0.15, -0.1) is 22.8 Å². The predicted octanol–water partition coefficient (Wildman–Crippen LogP) is 22.7. The van der Waals surface area contributed by atoms with Crippen LogP contribution in [0.25, 0.3) is 67.4 Å². The summed E-state index contributed by atoms with van der Waals surface area (Å²) in [4.78, 5) is 93.5. The van der Waals surface area contributed by atoms with Crippen LogP contribution in [0.1, 0.15) is 232 Å². The molecule has 128 heavy (non-hydrogen) atoms. The number of amides is 4. The second-order valence-corrected chi connectivity index (χ2v) is 34.6. The van der Waals surface area contributed by atoms with Crippen LogP contribution in [-0.4, -0.2) is 46.5 Å². The molecule has 4 aliphatic rings. The third-order valence-corrected chi connectivity index (χ3v) is 26.3. The van der Waals surface area contributed by atoms with Gasteiger partial charge in [0.25, 0.3) is 0 Å². The fourth-order valence-electron chi connectivity index (χ4n) is 18.8. The van der Waals surface area contributed by atoms with Crippen molar-refractivity contribution in [3.05, 3.63) is 350 Å². The second-order valence-electron chi connectivity index (χ2n) is 34.6. The molecule has 0 spiro atoms. The van der Waals surface area contributed by atoms with Crippen molar-refractivity contribution in [2.24, 2.45) is 20.0 Å². The van der Waals surface area contributed by atoms with E-state index in [-0.39, 0.29) is 112 Å². The Labute approximate surface area is 778 Å². The summed E-state index contributed by atoms with van der Waals surface area (Å²) in [6.07, 6.45) is 10.7. The molecule has 4 amide bonds. The molecular weight excluding hydrogens is 1680 g/mol. The minimum Gasteiger partial charge on any atom is -0.661 e. The fraction of sp³-hybridized carbons (Fsp3) is 0.273. The zero-order valence-electron chi connectivity index (χ0n) is 77.7. The summed E-state index contributed by atoms with van der Waals surface area (Å²) in [7, 11) is 0. The van der Waals surface area contributed by atoms with Gasteiger partial charge in [0.15, 0.2) is 0 Å². The first kappa shape index (κ1) is 93.3. The molecule has 4 aromatic heterocycles. The molecule has 16 nitrogen and oxygen atoms in total. The Hall–Kier alpha value is -12.4. The van der Waals surface area contributed by atoms with Crippen LogP contribution in [0, 0.1) is 55.4 Å². The molecule has 16 rings (SSSR count). The van der Waals surface area contributed by atoms with E-state index in [1.807, 2.05) is 156 Å². The fourth-order valence-corrected chi connectivity index (χ4v) is 18.8. The van der Waals surface area contributed by atoms with Crippen molar-refractivity contribution in [2.45, 2.75) is 201 Å². The molecule has 0 bridgehead atoms. The van der Waals surface area contributed by atoms with Gasteiger partial charge in [-0.1, -0.05) is 266 Å². The van der Waals surface area contributed by atoms with Gasteiger partial charge in [0, 0.05) is 22.8 Å². The van der Waals surface area contributed by atoms with Gasteiger partial charge in [0.1, 0.15) is 0 Å². The number of allylic oxidation sites excluding steroid dienone is 6. The average molecular weight is 1800 g/mol. The molecule has 12 aromatic rings. The van der Waals surface area contributed by atoms with Crippen LogP contribution in [-0.2, 0) is 83.8 Å². The Kier molecular flexibility index (Phi) is 28.8. The normalized spacial score (nSPS) is 16.2. The number of nitrogens with zero attached hydrogens (tertiary/aromatic N) is 8. The Morgan fingerprint density at radius 1 is 0.281 bits per heavy atom. The maximum absolute atomic E-state index is 13.4. The van der Waals surface area contributed by atoms with Crippen molar-refractivity contribution in [1.82, 2.24) is 41.2 Å². The van der Waals surface area contributed by atoms with E-state index in [0.717, 1.165) is 223 Å². The van der Waals surface area contributed by atoms with Gasteiger partial charge in [-0.3, -0.25) is 39.1 Å². The first-order valence-corrected chi connectivity index (χ1v) is 43.9. The molecule has 0 unspecified atom stereocenters. The van der Waals surface area contributed by atoms with E-state index in [0.29, 0.717) is 12.8 Å². The third-order valence-electron chi connectivity index (χ3n) is 26.3. The minimum atomic E-state index is -0.135. The Bertz CT molecular complexity index is 6470. The van der Waals surface area contributed by atoms with Crippen molar-refractivity contribution < 1.29 is 58.1 Å². The smallest absolute Gasteiger partial charge is 0.661 e. The van der Waals surface area contributed by atoms with Gasteiger partial charge >= 0.3 is 39.0 Å². The van der Waals surface area contributed by atoms with Gasteiger partial charge in [-0.2, -0.15) is 22.8 Å². The first-order valence-electron chi connectivity index (χ1n) is 43.9. The summed E-state index contributed by atoms with van der Waals surface area (Å²) < 4.78 is 0. The number of aromatic nitrogens is 4. The molecule has 18 heteroatoms. The number of aryl methyl sites for hydroxylation is 4. The monoisotopic (exact) mass is 1790 g/mol. The van der Waals surface area contributed by atoms with Crippen LogP contribution < -0.4 is 41.2 Å². The molecule has 4 N–H and O–H groups in total. The largest absolute Gasteiger partial charge is 2.00 e. The summed E-state index contributed by atoms with van der Waals surface area (Å²) in [5.74, 6) is -0.120. The molecule has 0 saturated heterocycles. The summed E-state index contributed by atoms with van der Waals surface area (Å²) in [5.41, 5.74) is 35.7. The molecular formula is C110H112N12O4Zn2. The Balaban J connectivity index is 0.000000215. The topological polar surface area (TPSA) is 222 Å². The minimum absolute atomic E-state index is 0. The van der Waals surface area contributed by atoms with Crippen molar-refractivity contribution in [3.63, 3.8) is 0 Å². The Morgan fingerprint density at radius 2 is 0.492 bits per heavy atom. The molecule has 8 aromatic carbocycles. The van der Waals surface area contributed by atoms with Crippen molar-refractivity contribution >= 4 is 114 Å². The number of fused-ring (bicyclic) bond motifs is 4. The van der Waals surface area contributed by atoms with Gasteiger partial charge < -0.3 is 41.2 Å². The number of aliphatic imine (C=N–C) groups is 4. The van der Waals surface area contributed by atoms with Crippen LogP contribution >= 0.6 is 0 Å². The first-order chi connectivity index (χ1) is 60.4. The molecule has 640 valence electrons. The average Bonchev–Trinajstić information content (AvgIpc) is 1.63. The van der Waals surface area contributed by atoms with Gasteiger partial charge in [-0.05, 0) is 234 Å². The summed E-state index contributed by atoms with van der Waals surface area (Å²) in [6, 6.07) is 57.4. The second kappa shape index (κ2) is 39.5. The molecule has 0 radical (unpaired) electrons. The SMILES string of the molecule is CC1=N/C(=C\c2[n-]c(C)c(CC3=C(C)/C(=C/c4[n-]c(C)c(CC(=O)N[C@@H](C)c5cccc6ccccc56)c4C)N=C3C)c2C)C(C)=C1CC(=O)N[C@@H](C)c1cccc2ccccc12.CC1=N/C(=C\c2[n-]c(C)c(CC3=C(C)/C(=C/c4[n-]c(C)c(CC(=O)N[C@@H](C)c5cccc6ccccc56)c4C)N=C3C)c2C)C(C)=C1CC(=O)N[C@@H](C)c1cccc2ccccc12.[Zn+2].[Zn+2]. The number of benzene rings is 8. The summed E-state index contributed by atoms with van der Waals surface area (Å²) >= 11 is 0. The molecule has 4 atom stereocenters. The van der Waals surface area contributed by atoms with Crippen molar-refractivity contribution in [2.75, 3.05) is 0 Å². The van der Waals surface area contributed by atoms with Crippen molar-refractivity contribution in [3.8, 4) is 0 Å². The van der Waals surface area contributed by atoms with E-state index in [4.69, 9.17) is 39.9 Å². The zero-order valence-corrected chi connectivity index (χ0v) is 83.6. The number of nitrogens with one attached hydrogen (secondary N) is 4. The molecule has 0 aliphatic carbocycles. The number of carbonyl (C=O) groups excluding carboxylic acids is 4. The number of hydrogen-bond donors (Lipinski definition) is 4. The van der Waals surface area contributed by atoms with Crippen LogP contribution in [0.5, 0.6) is 0 Å². The van der Waals surface area contributed by atoms with E-state index in [9.17, 15) is 19.2 Å². The third kappa shape index (κ3) is 19.5. The van der Waals surface area contributed by atoms with Gasteiger partial charge in [-0.25, -0.2) is 0 Å². The van der Waals surface area contributed by atoms with E-state index in [2.05, 4.69) is 198 Å². The summed E-state index contributed by atoms with van der Waals surface area (Å²) in [6.45, 7) is 41.0. The maximum Gasteiger partial charge on any atom is 2.00 e. The van der Waals surface area contributed by atoms with Crippen LogP contribution in [0.15, 0.2) is 257 Å². The van der Waals surface area contributed by atoms with Crippen LogP contribution in [0.3, 0.4) is 0 Å². The number of hydrogen-bond acceptors (Lipinski definition) is 8. The standard InChI is InChI=1S/2C55H58N6O2.2Zn/c2*1-30-46(36(7)56-50(30)28-52-32(3)48(38(9)58-52)26-54(62)60-34(5)42-23-15-19-40-17-11-13-21-44(40)42)25-47-31(2)51(57-37(47)8)29-53-33(4)49(39(10)59-53)27-55(63)61-35(6)43-24-16-20-41-18-12-14-22-45(41)43;;/h2*11-24,28-29,34-35H,25-27H2,1-10H3,(H4,56,57,58,59,60,61,62,63);;/q;;2*+2/p-4/t2*34-,35-;;/m00../s1. The van der Waals surface area contributed by atoms with Gasteiger partial charge in [0.2, 0.25) is 23.6 Å². The van der Waals surface area contributed by atoms with Crippen LogP contribution in [0.2, 0.25) is 0 Å². The zero-order chi connectivity index (χ0) is 89.4. The van der Waals surface area contributed by atoms with E-state index in [1.54, 1.807) is 0 Å². The molecule has 8 heterocycles. The maximum atomic E-state index is 13.4. The molecule has 0 fully saturated rings. The van der Waals surface area contributed by atoms with Crippen LogP contribution in [0.4, 0.5) is 0 Å². The quantitative estimate of drug-likeness (QED) is 0.0425. The number of carbonyl (C=O) groups is 4.